The van der Waals surface area contributed by atoms with Crippen molar-refractivity contribution in [1.29, 1.82) is 0 Å². The van der Waals surface area contributed by atoms with Gasteiger partial charge in [-0.2, -0.15) is 0 Å². The molecule has 21 heavy (non-hydrogen) atoms. The Hall–Kier alpha value is -1.81. The number of carbonyl (C=O) groups is 1. The predicted octanol–water partition coefficient (Wildman–Crippen LogP) is 2.38. The SMILES string of the molecule is CCC(C)C(C)(O)CNC(=O)C1=Cc2ccccc2OC1. The van der Waals surface area contributed by atoms with E-state index < -0.39 is 5.60 Å². The number of hydrogen-bond donors (Lipinski definition) is 2. The van der Waals surface area contributed by atoms with E-state index in [1.165, 1.54) is 0 Å². The van der Waals surface area contributed by atoms with Crippen LogP contribution in [0, 0.1) is 5.92 Å². The van der Waals surface area contributed by atoms with Crippen LogP contribution in [0.25, 0.3) is 6.08 Å². The molecule has 2 unspecified atom stereocenters. The molecule has 2 N–H and O–H groups in total. The van der Waals surface area contributed by atoms with E-state index in [0.717, 1.165) is 17.7 Å². The van der Waals surface area contributed by atoms with E-state index in [2.05, 4.69) is 5.32 Å². The summed E-state index contributed by atoms with van der Waals surface area (Å²) in [5, 5.41) is 13.1. The second-order valence-corrected chi connectivity index (χ2v) is 5.85. The molecule has 2 rings (SSSR count). The molecule has 0 radical (unpaired) electrons. The summed E-state index contributed by atoms with van der Waals surface area (Å²) < 4.78 is 5.57. The van der Waals surface area contributed by atoms with Gasteiger partial charge < -0.3 is 15.2 Å². The number of rotatable bonds is 5. The highest BCUT2D eigenvalue weighted by molar-refractivity contribution is 5.99. The maximum atomic E-state index is 12.2. The van der Waals surface area contributed by atoms with Gasteiger partial charge in [0.25, 0.3) is 5.91 Å². The fourth-order valence-electron chi connectivity index (χ4n) is 2.23. The summed E-state index contributed by atoms with van der Waals surface area (Å²) in [6.07, 6.45) is 2.70. The average molecular weight is 289 g/mol. The number of carbonyl (C=O) groups excluding carboxylic acids is 1. The van der Waals surface area contributed by atoms with Crippen molar-refractivity contribution in [2.24, 2.45) is 5.92 Å². The number of aliphatic hydroxyl groups is 1. The lowest BCUT2D eigenvalue weighted by molar-refractivity contribution is -0.119. The molecule has 1 aromatic carbocycles. The van der Waals surface area contributed by atoms with Crippen molar-refractivity contribution in [3.63, 3.8) is 0 Å². The summed E-state index contributed by atoms with van der Waals surface area (Å²) in [5.74, 6) is 0.726. The van der Waals surface area contributed by atoms with E-state index in [0.29, 0.717) is 5.57 Å². The molecule has 0 aromatic heterocycles. The summed E-state index contributed by atoms with van der Waals surface area (Å²) in [5.41, 5.74) is 0.578. The minimum Gasteiger partial charge on any atom is -0.488 e. The summed E-state index contributed by atoms with van der Waals surface area (Å²) in [6.45, 7) is 6.25. The van der Waals surface area contributed by atoms with Crippen molar-refractivity contribution in [3.05, 3.63) is 35.4 Å². The number of amides is 1. The van der Waals surface area contributed by atoms with Crippen LogP contribution in [0.5, 0.6) is 5.75 Å². The standard InChI is InChI=1S/C17H23NO3/c1-4-12(2)17(3,20)11-18-16(19)14-9-13-7-5-6-8-15(13)21-10-14/h5-9,12,20H,4,10-11H2,1-3H3,(H,18,19). The Morgan fingerprint density at radius 2 is 2.19 bits per heavy atom. The maximum absolute atomic E-state index is 12.2. The molecule has 114 valence electrons. The highest BCUT2D eigenvalue weighted by atomic mass is 16.5. The normalized spacial score (nSPS) is 17.8. The maximum Gasteiger partial charge on any atom is 0.250 e. The first-order valence-electron chi connectivity index (χ1n) is 7.37. The Balaban J connectivity index is 2.01. The number of hydrogen-bond acceptors (Lipinski definition) is 3. The number of benzene rings is 1. The molecule has 0 fully saturated rings. The molecule has 1 aliphatic rings. The molecule has 0 spiro atoms. The molecule has 2 atom stereocenters. The fraction of sp³-hybridized carbons (Fsp3) is 0.471. The number of para-hydroxylation sites is 1. The predicted molar refractivity (Wildman–Crippen MR) is 83.0 cm³/mol. The highest BCUT2D eigenvalue weighted by Crippen LogP contribution is 2.26. The lowest BCUT2D eigenvalue weighted by atomic mass is 9.88. The van der Waals surface area contributed by atoms with Crippen LogP contribution >= 0.6 is 0 Å². The smallest absolute Gasteiger partial charge is 0.250 e. The minimum absolute atomic E-state index is 0.120. The van der Waals surface area contributed by atoms with Crippen LogP contribution in [0.15, 0.2) is 29.8 Å². The van der Waals surface area contributed by atoms with E-state index in [-0.39, 0.29) is 25.0 Å². The molecular formula is C17H23NO3. The van der Waals surface area contributed by atoms with Gasteiger partial charge in [-0.3, -0.25) is 4.79 Å². The van der Waals surface area contributed by atoms with E-state index in [4.69, 9.17) is 4.74 Å². The Kier molecular flexibility index (Phi) is 4.68. The number of ether oxygens (including phenoxy) is 1. The van der Waals surface area contributed by atoms with Gasteiger partial charge in [0.1, 0.15) is 12.4 Å². The molecule has 0 saturated carbocycles. The lowest BCUT2D eigenvalue weighted by Gasteiger charge is -2.30. The third-order valence-electron chi connectivity index (χ3n) is 4.20. The van der Waals surface area contributed by atoms with Crippen molar-refractivity contribution < 1.29 is 14.6 Å². The molecule has 1 amide bonds. The summed E-state index contributed by atoms with van der Waals surface area (Å²) in [6, 6.07) is 7.61. The van der Waals surface area contributed by atoms with Crippen LogP contribution in [-0.2, 0) is 4.79 Å². The summed E-state index contributed by atoms with van der Waals surface area (Å²) in [4.78, 5) is 12.2. The molecule has 1 heterocycles. The van der Waals surface area contributed by atoms with Crippen molar-refractivity contribution in [2.45, 2.75) is 32.8 Å². The Labute approximate surface area is 125 Å². The first-order valence-corrected chi connectivity index (χ1v) is 7.37. The van der Waals surface area contributed by atoms with Crippen LogP contribution in [0.3, 0.4) is 0 Å². The van der Waals surface area contributed by atoms with E-state index in [1.807, 2.05) is 44.2 Å². The van der Waals surface area contributed by atoms with Gasteiger partial charge in [-0.1, -0.05) is 38.5 Å². The van der Waals surface area contributed by atoms with E-state index >= 15 is 0 Å². The van der Waals surface area contributed by atoms with Gasteiger partial charge in [0, 0.05) is 12.1 Å². The zero-order valence-corrected chi connectivity index (χ0v) is 12.8. The van der Waals surface area contributed by atoms with Crippen LogP contribution in [0.1, 0.15) is 32.8 Å². The summed E-state index contributed by atoms with van der Waals surface area (Å²) in [7, 11) is 0. The number of fused-ring (bicyclic) bond motifs is 1. The quantitative estimate of drug-likeness (QED) is 0.875. The van der Waals surface area contributed by atoms with Crippen molar-refractivity contribution in [1.82, 2.24) is 5.32 Å². The van der Waals surface area contributed by atoms with Crippen LogP contribution in [0.2, 0.25) is 0 Å². The third kappa shape index (κ3) is 3.64. The van der Waals surface area contributed by atoms with Gasteiger partial charge in [-0.25, -0.2) is 0 Å². The topological polar surface area (TPSA) is 58.6 Å². The molecule has 0 bridgehead atoms. The lowest BCUT2D eigenvalue weighted by Crippen LogP contribution is -2.45. The van der Waals surface area contributed by atoms with E-state index in [1.54, 1.807) is 6.92 Å². The molecular weight excluding hydrogens is 266 g/mol. The van der Waals surface area contributed by atoms with Crippen LogP contribution < -0.4 is 10.1 Å². The zero-order valence-electron chi connectivity index (χ0n) is 12.8. The summed E-state index contributed by atoms with van der Waals surface area (Å²) >= 11 is 0. The minimum atomic E-state index is -0.904. The molecule has 0 aliphatic carbocycles. The van der Waals surface area contributed by atoms with Crippen molar-refractivity contribution >= 4 is 12.0 Å². The Morgan fingerprint density at radius 3 is 2.90 bits per heavy atom. The third-order valence-corrected chi connectivity index (χ3v) is 4.20. The van der Waals surface area contributed by atoms with Gasteiger partial charge in [0.2, 0.25) is 0 Å². The zero-order chi connectivity index (χ0) is 15.5. The average Bonchev–Trinajstić information content (AvgIpc) is 2.51. The molecule has 4 nitrogen and oxygen atoms in total. The van der Waals surface area contributed by atoms with Gasteiger partial charge in [-0.05, 0) is 25.0 Å². The fourth-order valence-corrected chi connectivity index (χ4v) is 2.23. The first kappa shape index (κ1) is 15.6. The Bertz CT molecular complexity index is 549. The van der Waals surface area contributed by atoms with E-state index in [9.17, 15) is 9.90 Å². The van der Waals surface area contributed by atoms with Crippen LogP contribution in [0.4, 0.5) is 0 Å². The largest absolute Gasteiger partial charge is 0.488 e. The van der Waals surface area contributed by atoms with Gasteiger partial charge in [0.15, 0.2) is 0 Å². The second-order valence-electron chi connectivity index (χ2n) is 5.85. The van der Waals surface area contributed by atoms with Crippen LogP contribution in [-0.4, -0.2) is 29.8 Å². The first-order chi connectivity index (χ1) is 9.94. The Morgan fingerprint density at radius 1 is 1.48 bits per heavy atom. The van der Waals surface area contributed by atoms with Crippen molar-refractivity contribution in [2.75, 3.05) is 13.2 Å². The van der Waals surface area contributed by atoms with Gasteiger partial charge >= 0.3 is 0 Å². The molecule has 4 heteroatoms. The van der Waals surface area contributed by atoms with Crippen molar-refractivity contribution in [3.8, 4) is 5.75 Å². The molecule has 1 aliphatic heterocycles. The van der Waals surface area contributed by atoms with Gasteiger partial charge in [0.05, 0.1) is 11.2 Å². The highest BCUT2D eigenvalue weighted by Gasteiger charge is 2.28. The number of nitrogens with one attached hydrogen (secondary N) is 1. The molecule has 0 saturated heterocycles. The monoisotopic (exact) mass is 289 g/mol. The second kappa shape index (κ2) is 6.31. The molecule has 1 aromatic rings. The van der Waals surface area contributed by atoms with Gasteiger partial charge in [-0.15, -0.1) is 0 Å².